The number of aliphatic hydroxyl groups excluding tert-OH is 2. The number of benzene rings is 2. The average molecular weight is 609 g/mol. The maximum Gasteiger partial charge on any atom is 0.255 e. The molecule has 0 bridgehead atoms. The molecule has 2 aromatic heterocycles. The molecule has 220 valence electrons. The summed E-state index contributed by atoms with van der Waals surface area (Å²) in [5.41, 5.74) is 4.07. The summed E-state index contributed by atoms with van der Waals surface area (Å²) >= 11 is 7.67. The number of thiazole rings is 1. The third-order valence-corrected chi connectivity index (χ3v) is 8.20. The van der Waals surface area contributed by atoms with Crippen LogP contribution in [-0.4, -0.2) is 66.5 Å². The van der Waals surface area contributed by atoms with Gasteiger partial charge in [-0.05, 0) is 74.2 Å². The molecule has 0 spiro atoms. The van der Waals surface area contributed by atoms with E-state index in [9.17, 15) is 19.8 Å². The summed E-state index contributed by atoms with van der Waals surface area (Å²) in [5, 5.41) is 35.1. The van der Waals surface area contributed by atoms with Gasteiger partial charge in [0.1, 0.15) is 6.04 Å². The minimum absolute atomic E-state index is 0.173. The lowest BCUT2D eigenvalue weighted by molar-refractivity contribution is -0.155. The Labute approximate surface area is 253 Å². The van der Waals surface area contributed by atoms with Crippen molar-refractivity contribution >= 4 is 39.9 Å². The van der Waals surface area contributed by atoms with Crippen molar-refractivity contribution < 1.29 is 19.8 Å². The lowest BCUT2D eigenvalue weighted by atomic mass is 9.90. The summed E-state index contributed by atoms with van der Waals surface area (Å²) in [6.45, 7) is 6.03. The van der Waals surface area contributed by atoms with E-state index in [0.29, 0.717) is 22.3 Å². The predicted octanol–water partition coefficient (Wildman–Crippen LogP) is 3.88. The third kappa shape index (κ3) is 6.34. The maximum absolute atomic E-state index is 13.7. The van der Waals surface area contributed by atoms with Crippen LogP contribution in [-0.2, 0) is 16.0 Å². The van der Waals surface area contributed by atoms with Gasteiger partial charge in [0, 0.05) is 35.4 Å². The van der Waals surface area contributed by atoms with E-state index in [0.717, 1.165) is 22.4 Å². The van der Waals surface area contributed by atoms with E-state index in [1.165, 1.54) is 16.2 Å². The minimum Gasteiger partial charge on any atom is -0.380 e. The number of hydrogen-bond donors (Lipinski definition) is 4. The van der Waals surface area contributed by atoms with Crippen LogP contribution < -0.4 is 10.6 Å². The highest BCUT2D eigenvalue weighted by Crippen LogP contribution is 2.38. The van der Waals surface area contributed by atoms with Crippen LogP contribution in [0.3, 0.4) is 0 Å². The number of carbonyl (C=O) groups is 2. The van der Waals surface area contributed by atoms with Crippen molar-refractivity contribution in [1.82, 2.24) is 25.0 Å². The number of aromatic nitrogens is 3. The van der Waals surface area contributed by atoms with Gasteiger partial charge in [-0.2, -0.15) is 5.10 Å². The molecule has 4 aromatic rings. The van der Waals surface area contributed by atoms with Gasteiger partial charge in [-0.15, -0.1) is 11.3 Å². The molecule has 0 aliphatic carbocycles. The first kappa shape index (κ1) is 29.7. The van der Waals surface area contributed by atoms with Crippen molar-refractivity contribution in [1.29, 1.82) is 0 Å². The largest absolute Gasteiger partial charge is 0.380 e. The molecule has 5 rings (SSSR count). The molecule has 1 aliphatic heterocycles. The molecular formula is C30H33ClN6O4S. The van der Waals surface area contributed by atoms with Crippen LogP contribution in [0.4, 0.5) is 5.13 Å². The van der Waals surface area contributed by atoms with Crippen molar-refractivity contribution in [3.63, 3.8) is 0 Å². The number of aliphatic hydroxyl groups is 2. The first-order valence-corrected chi connectivity index (χ1v) is 15.0. The molecule has 0 radical (unpaired) electrons. The fraction of sp³-hybridized carbons (Fsp3) is 0.333. The summed E-state index contributed by atoms with van der Waals surface area (Å²) < 4.78 is 1.72. The lowest BCUT2D eigenvalue weighted by Crippen LogP contribution is -2.53. The Morgan fingerprint density at radius 3 is 2.55 bits per heavy atom. The molecule has 1 aliphatic rings. The Bertz CT molecular complexity index is 1540. The van der Waals surface area contributed by atoms with E-state index in [4.69, 9.17) is 16.6 Å². The van der Waals surface area contributed by atoms with Crippen LogP contribution in [0.1, 0.15) is 55.2 Å². The van der Waals surface area contributed by atoms with Crippen molar-refractivity contribution in [2.24, 2.45) is 0 Å². The molecular weight excluding hydrogens is 576 g/mol. The van der Waals surface area contributed by atoms with Gasteiger partial charge in [0.2, 0.25) is 0 Å². The van der Waals surface area contributed by atoms with E-state index in [-0.39, 0.29) is 12.6 Å². The molecule has 4 N–H and O–H groups in total. The van der Waals surface area contributed by atoms with Crippen molar-refractivity contribution in [3.8, 4) is 5.69 Å². The van der Waals surface area contributed by atoms with E-state index in [1.54, 1.807) is 23.9 Å². The van der Waals surface area contributed by atoms with Crippen LogP contribution in [0.2, 0.25) is 5.02 Å². The Morgan fingerprint density at radius 1 is 1.10 bits per heavy atom. The van der Waals surface area contributed by atoms with E-state index in [2.05, 4.69) is 15.7 Å². The first-order chi connectivity index (χ1) is 20.1. The summed E-state index contributed by atoms with van der Waals surface area (Å²) in [6, 6.07) is 13.8. The van der Waals surface area contributed by atoms with Crippen LogP contribution in [0.15, 0.2) is 66.3 Å². The van der Waals surface area contributed by atoms with Gasteiger partial charge in [-0.25, -0.2) is 9.67 Å². The van der Waals surface area contributed by atoms with Crippen molar-refractivity contribution in [2.45, 2.75) is 57.5 Å². The van der Waals surface area contributed by atoms with Gasteiger partial charge < -0.3 is 25.7 Å². The molecule has 0 fully saturated rings. The number of fused-ring (bicyclic) bond motifs is 1. The summed E-state index contributed by atoms with van der Waals surface area (Å²) in [5.74, 6) is -1.61. The number of nitrogens with one attached hydrogen (secondary N) is 2. The smallest absolute Gasteiger partial charge is 0.255 e. The summed E-state index contributed by atoms with van der Waals surface area (Å²) in [6.07, 6.45) is 0.0707. The molecule has 3 heterocycles. The van der Waals surface area contributed by atoms with Gasteiger partial charge in [0.05, 0.1) is 17.4 Å². The molecule has 10 nitrogen and oxygen atoms in total. The molecule has 4 atom stereocenters. The summed E-state index contributed by atoms with van der Waals surface area (Å²) in [4.78, 5) is 32.8. The van der Waals surface area contributed by atoms with Gasteiger partial charge in [0.25, 0.3) is 11.8 Å². The molecule has 42 heavy (non-hydrogen) atoms. The van der Waals surface area contributed by atoms with Gasteiger partial charge >= 0.3 is 0 Å². The highest BCUT2D eigenvalue weighted by molar-refractivity contribution is 7.13. The average Bonchev–Trinajstić information content (AvgIpc) is 3.68. The molecule has 2 amide bonds. The summed E-state index contributed by atoms with van der Waals surface area (Å²) in [7, 11) is 0. The molecule has 12 heteroatoms. The topological polar surface area (TPSA) is 133 Å². The highest BCUT2D eigenvalue weighted by Gasteiger charge is 2.40. The monoisotopic (exact) mass is 608 g/mol. The number of carbonyl (C=O) groups excluding carboxylic acids is 2. The Kier molecular flexibility index (Phi) is 8.93. The Morgan fingerprint density at radius 2 is 1.86 bits per heavy atom. The minimum atomic E-state index is -1.97. The van der Waals surface area contributed by atoms with Gasteiger partial charge in [-0.1, -0.05) is 29.8 Å². The number of halogens is 1. The van der Waals surface area contributed by atoms with Gasteiger partial charge in [0.15, 0.2) is 17.3 Å². The second-order valence-corrected chi connectivity index (χ2v) is 11.9. The predicted molar refractivity (Wildman–Crippen MR) is 162 cm³/mol. The number of amides is 2. The fourth-order valence-electron chi connectivity index (χ4n) is 5.04. The second kappa shape index (κ2) is 12.6. The third-order valence-electron chi connectivity index (χ3n) is 7.17. The number of anilines is 1. The zero-order valence-corrected chi connectivity index (χ0v) is 25.0. The molecule has 0 unspecified atom stereocenters. The highest BCUT2D eigenvalue weighted by atomic mass is 35.5. The normalized spacial score (nSPS) is 16.9. The van der Waals surface area contributed by atoms with Crippen LogP contribution in [0, 0.1) is 0 Å². The zero-order chi connectivity index (χ0) is 30.0. The zero-order valence-electron chi connectivity index (χ0n) is 23.4. The SMILES string of the molecule is CC(C)Nc1nc([C@@H]2c3ccc(Cl)cc3CCN2C(=O)[C@H](O)[C@@H](O)C(=O)N[C@H](C)c2ccc(-n3cccn3)cc2)cs1. The molecule has 0 saturated carbocycles. The van der Waals surface area contributed by atoms with Crippen LogP contribution in [0.5, 0.6) is 0 Å². The number of rotatable bonds is 9. The standard InChI is InChI=1S/C30H33ClN6O4S/c1-17(2)33-30-35-24(16-42-30)25-23-10-7-21(31)15-20(23)11-14-36(25)29(41)27(39)26(38)28(40)34-18(3)19-5-8-22(9-6-19)37-13-4-12-32-37/h4-10,12-13,15-18,25-27,38-39H,11,14H2,1-3H3,(H,33,35)(H,34,40)/t18-,25+,26-,27-/m1/s1. The van der Waals surface area contributed by atoms with E-state index < -0.39 is 36.1 Å². The quantitative estimate of drug-likeness (QED) is 0.227. The van der Waals surface area contributed by atoms with Crippen molar-refractivity contribution in [2.75, 3.05) is 11.9 Å². The molecule has 0 saturated heterocycles. The van der Waals surface area contributed by atoms with Crippen LogP contribution >= 0.6 is 22.9 Å². The Hall–Kier alpha value is -3.77. The van der Waals surface area contributed by atoms with Crippen molar-refractivity contribution in [3.05, 3.63) is 93.7 Å². The van der Waals surface area contributed by atoms with Crippen LogP contribution in [0.25, 0.3) is 5.69 Å². The fourth-order valence-corrected chi connectivity index (χ4v) is 6.12. The number of hydrogen-bond acceptors (Lipinski definition) is 8. The second-order valence-electron chi connectivity index (χ2n) is 10.6. The number of nitrogens with zero attached hydrogens (tertiary/aromatic N) is 4. The van der Waals surface area contributed by atoms with Gasteiger partial charge in [-0.3, -0.25) is 9.59 Å². The van der Waals surface area contributed by atoms with E-state index in [1.807, 2.05) is 67.9 Å². The molecule has 2 aromatic carbocycles. The maximum atomic E-state index is 13.7. The lowest BCUT2D eigenvalue weighted by Gasteiger charge is -2.38. The Balaban J connectivity index is 1.31. The van der Waals surface area contributed by atoms with E-state index >= 15 is 0 Å². The first-order valence-electron chi connectivity index (χ1n) is 13.7.